The normalized spacial score (nSPS) is 10.6. The smallest absolute Gasteiger partial charge is 0.248 e. The van der Waals surface area contributed by atoms with Gasteiger partial charge in [-0.25, -0.2) is 0 Å². The van der Waals surface area contributed by atoms with Crippen molar-refractivity contribution in [2.75, 3.05) is 26.3 Å². The van der Waals surface area contributed by atoms with Crippen molar-refractivity contribution in [1.82, 2.24) is 4.90 Å². The van der Waals surface area contributed by atoms with Gasteiger partial charge in [0.25, 0.3) is 0 Å². The minimum atomic E-state index is 0.0512. The summed E-state index contributed by atoms with van der Waals surface area (Å²) >= 11 is 0. The molecule has 0 saturated carbocycles. The highest BCUT2D eigenvalue weighted by atomic mass is 16.5. The molecular weight excluding hydrogens is 180 g/mol. The molecule has 0 saturated heterocycles. The van der Waals surface area contributed by atoms with Crippen LogP contribution in [0.1, 0.15) is 27.2 Å². The van der Waals surface area contributed by atoms with E-state index in [4.69, 9.17) is 10.5 Å². The fourth-order valence-corrected chi connectivity index (χ4v) is 1.20. The Morgan fingerprint density at radius 2 is 2.14 bits per heavy atom. The minimum Gasteiger partial charge on any atom is -0.372 e. The molecule has 84 valence electrons. The number of hydrogen-bond donors (Lipinski definition) is 1. The summed E-state index contributed by atoms with van der Waals surface area (Å²) in [6.07, 6.45) is 0.843. The van der Waals surface area contributed by atoms with E-state index < -0.39 is 0 Å². The first-order chi connectivity index (χ1) is 6.63. The highest BCUT2D eigenvalue weighted by molar-refractivity contribution is 5.77. The van der Waals surface area contributed by atoms with Crippen LogP contribution in [0.2, 0.25) is 0 Å². The second kappa shape index (κ2) is 7.76. The van der Waals surface area contributed by atoms with Crippen LogP contribution in [0.3, 0.4) is 0 Å². The molecular formula is C10H22N2O2. The maximum Gasteiger partial charge on any atom is 0.248 e. The molecule has 0 rings (SSSR count). The first-order valence-electron chi connectivity index (χ1n) is 5.20. The van der Waals surface area contributed by atoms with Gasteiger partial charge in [0.1, 0.15) is 6.61 Å². The average Bonchev–Trinajstić information content (AvgIpc) is 2.14. The van der Waals surface area contributed by atoms with Crippen molar-refractivity contribution in [3.8, 4) is 0 Å². The molecule has 0 unspecified atom stereocenters. The summed E-state index contributed by atoms with van der Waals surface area (Å²) in [6, 6.07) is 0.217. The Morgan fingerprint density at radius 1 is 1.50 bits per heavy atom. The topological polar surface area (TPSA) is 55.6 Å². The van der Waals surface area contributed by atoms with Crippen molar-refractivity contribution >= 4 is 5.91 Å². The van der Waals surface area contributed by atoms with Crippen LogP contribution in [0.5, 0.6) is 0 Å². The Labute approximate surface area is 86.4 Å². The molecule has 0 spiro atoms. The van der Waals surface area contributed by atoms with E-state index in [0.29, 0.717) is 13.2 Å². The summed E-state index contributed by atoms with van der Waals surface area (Å²) in [5.74, 6) is 0.0512. The molecule has 0 bridgehead atoms. The third-order valence-corrected chi connectivity index (χ3v) is 1.98. The zero-order valence-electron chi connectivity index (χ0n) is 9.45. The zero-order valence-corrected chi connectivity index (χ0v) is 9.45. The number of rotatable bonds is 7. The van der Waals surface area contributed by atoms with Gasteiger partial charge in [-0.1, -0.05) is 0 Å². The number of carbonyl (C=O) groups excluding carboxylic acids is 1. The van der Waals surface area contributed by atoms with Crippen molar-refractivity contribution in [3.63, 3.8) is 0 Å². The number of carbonyl (C=O) groups is 1. The van der Waals surface area contributed by atoms with Gasteiger partial charge in [-0.2, -0.15) is 0 Å². The lowest BCUT2D eigenvalue weighted by Crippen LogP contribution is -2.40. The molecule has 0 aromatic carbocycles. The predicted molar refractivity (Wildman–Crippen MR) is 57.0 cm³/mol. The molecule has 0 atom stereocenters. The van der Waals surface area contributed by atoms with Crippen LogP contribution in [-0.4, -0.2) is 43.2 Å². The Bertz CT molecular complexity index is 160. The van der Waals surface area contributed by atoms with E-state index in [1.807, 2.05) is 25.7 Å². The van der Waals surface area contributed by atoms with Crippen molar-refractivity contribution < 1.29 is 9.53 Å². The largest absolute Gasteiger partial charge is 0.372 e. The van der Waals surface area contributed by atoms with Gasteiger partial charge in [-0.3, -0.25) is 4.79 Å². The maximum atomic E-state index is 11.6. The lowest BCUT2D eigenvalue weighted by atomic mass is 10.3. The van der Waals surface area contributed by atoms with E-state index in [9.17, 15) is 4.79 Å². The number of nitrogens with two attached hydrogens (primary N) is 1. The van der Waals surface area contributed by atoms with Crippen LogP contribution in [0, 0.1) is 0 Å². The quantitative estimate of drug-likeness (QED) is 0.658. The molecule has 4 heteroatoms. The molecule has 0 aromatic heterocycles. The summed E-state index contributed by atoms with van der Waals surface area (Å²) in [5, 5.41) is 0. The summed E-state index contributed by atoms with van der Waals surface area (Å²) in [6.45, 7) is 7.98. The van der Waals surface area contributed by atoms with E-state index in [1.54, 1.807) is 0 Å². The molecule has 0 radical (unpaired) electrons. The number of ether oxygens (including phenoxy) is 1. The van der Waals surface area contributed by atoms with E-state index in [1.165, 1.54) is 0 Å². The Balaban J connectivity index is 3.98. The predicted octanol–water partition coefficient (Wildman–Crippen LogP) is 0.609. The van der Waals surface area contributed by atoms with Crippen LogP contribution in [-0.2, 0) is 9.53 Å². The van der Waals surface area contributed by atoms with Gasteiger partial charge in [0.15, 0.2) is 0 Å². The molecule has 1 amide bonds. The van der Waals surface area contributed by atoms with Gasteiger partial charge >= 0.3 is 0 Å². The Kier molecular flexibility index (Phi) is 7.42. The fraction of sp³-hybridized carbons (Fsp3) is 0.900. The van der Waals surface area contributed by atoms with Gasteiger partial charge in [-0.05, 0) is 33.7 Å². The molecule has 0 aliphatic heterocycles. The van der Waals surface area contributed by atoms with Crippen LogP contribution >= 0.6 is 0 Å². The lowest BCUT2D eigenvalue weighted by Gasteiger charge is -2.26. The zero-order chi connectivity index (χ0) is 11.0. The van der Waals surface area contributed by atoms with E-state index in [2.05, 4.69) is 0 Å². The van der Waals surface area contributed by atoms with E-state index in [-0.39, 0.29) is 18.6 Å². The van der Waals surface area contributed by atoms with Crippen molar-refractivity contribution in [2.24, 2.45) is 5.73 Å². The van der Waals surface area contributed by atoms with Crippen LogP contribution < -0.4 is 5.73 Å². The Morgan fingerprint density at radius 3 is 2.57 bits per heavy atom. The van der Waals surface area contributed by atoms with Crippen molar-refractivity contribution in [2.45, 2.75) is 33.2 Å². The van der Waals surface area contributed by atoms with Gasteiger partial charge in [-0.15, -0.1) is 0 Å². The lowest BCUT2D eigenvalue weighted by molar-refractivity contribution is -0.137. The standard InChI is InChI=1S/C10H22N2O2/c1-4-14-8-10(13)12(9(2)3)7-5-6-11/h9H,4-8,11H2,1-3H3. The van der Waals surface area contributed by atoms with Crippen molar-refractivity contribution in [1.29, 1.82) is 0 Å². The van der Waals surface area contributed by atoms with Crippen molar-refractivity contribution in [3.05, 3.63) is 0 Å². The fourth-order valence-electron chi connectivity index (χ4n) is 1.20. The molecule has 0 aliphatic rings. The second-order valence-electron chi connectivity index (χ2n) is 3.46. The third kappa shape index (κ3) is 5.19. The van der Waals surface area contributed by atoms with Gasteiger partial charge in [0.2, 0.25) is 5.91 Å². The SMILES string of the molecule is CCOCC(=O)N(CCCN)C(C)C. The summed E-state index contributed by atoms with van der Waals surface area (Å²) in [5.41, 5.74) is 5.41. The minimum absolute atomic E-state index is 0.0512. The third-order valence-electron chi connectivity index (χ3n) is 1.98. The number of amides is 1. The molecule has 4 nitrogen and oxygen atoms in total. The number of hydrogen-bond acceptors (Lipinski definition) is 3. The highest BCUT2D eigenvalue weighted by Crippen LogP contribution is 2.00. The van der Waals surface area contributed by atoms with E-state index >= 15 is 0 Å². The summed E-state index contributed by atoms with van der Waals surface area (Å²) in [7, 11) is 0. The number of nitrogens with zero attached hydrogens (tertiary/aromatic N) is 1. The first kappa shape index (κ1) is 13.4. The van der Waals surface area contributed by atoms with E-state index in [0.717, 1.165) is 13.0 Å². The van der Waals surface area contributed by atoms with Gasteiger partial charge in [0, 0.05) is 19.2 Å². The monoisotopic (exact) mass is 202 g/mol. The summed E-state index contributed by atoms with van der Waals surface area (Å²) < 4.78 is 5.08. The van der Waals surface area contributed by atoms with Gasteiger partial charge < -0.3 is 15.4 Å². The molecule has 0 heterocycles. The molecule has 0 fully saturated rings. The molecule has 0 aromatic rings. The van der Waals surface area contributed by atoms with Gasteiger partial charge in [0.05, 0.1) is 0 Å². The first-order valence-corrected chi connectivity index (χ1v) is 5.20. The average molecular weight is 202 g/mol. The second-order valence-corrected chi connectivity index (χ2v) is 3.46. The molecule has 14 heavy (non-hydrogen) atoms. The summed E-state index contributed by atoms with van der Waals surface area (Å²) in [4.78, 5) is 13.4. The Hall–Kier alpha value is -0.610. The van der Waals surface area contributed by atoms with Crippen LogP contribution in [0.15, 0.2) is 0 Å². The van der Waals surface area contributed by atoms with Crippen LogP contribution in [0.4, 0.5) is 0 Å². The highest BCUT2D eigenvalue weighted by Gasteiger charge is 2.15. The van der Waals surface area contributed by atoms with Crippen LogP contribution in [0.25, 0.3) is 0 Å². The molecule has 0 aliphatic carbocycles. The maximum absolute atomic E-state index is 11.6. The molecule has 2 N–H and O–H groups in total.